The molecule has 0 radical (unpaired) electrons. The van der Waals surface area contributed by atoms with Crippen molar-refractivity contribution in [2.45, 2.75) is 90.8 Å². The molecule has 5 nitrogen and oxygen atoms in total. The number of rotatable bonds is 8. The van der Waals surface area contributed by atoms with Gasteiger partial charge in [0.05, 0.1) is 23.2 Å². The largest absolute Gasteiger partial charge is 0.444 e. The average Bonchev–Trinajstić information content (AvgIpc) is 3.60. The molecule has 0 bridgehead atoms. The number of benzene rings is 2. The van der Waals surface area contributed by atoms with E-state index >= 15 is 4.39 Å². The fraction of sp³-hybridized carbons (Fsp3) is 0.517. The van der Waals surface area contributed by atoms with Crippen molar-refractivity contribution in [1.82, 2.24) is 5.32 Å². The second kappa shape index (κ2) is 10.9. The molecule has 0 saturated heterocycles. The van der Waals surface area contributed by atoms with Gasteiger partial charge in [-0.1, -0.05) is 62.7 Å². The smallest absolute Gasteiger partial charge is 0.408 e. The minimum atomic E-state index is -1.91. The molecule has 1 saturated carbocycles. The Morgan fingerprint density at radius 3 is 2.16 bits per heavy atom. The molecule has 0 aliphatic heterocycles. The van der Waals surface area contributed by atoms with Crippen LogP contribution in [0.2, 0.25) is 23.2 Å². The highest BCUT2D eigenvalue weighted by Crippen LogP contribution is 2.43. The number of ketones is 1. The summed E-state index contributed by atoms with van der Waals surface area (Å²) in [6.45, 7) is 16.7. The van der Waals surface area contributed by atoms with Crippen molar-refractivity contribution >= 4 is 31.8 Å². The molecular weight excluding hydrogens is 509 g/mol. The third-order valence-corrected chi connectivity index (χ3v) is 11.9. The first kappa shape index (κ1) is 29.3. The van der Waals surface area contributed by atoms with Crippen LogP contribution in [0.15, 0.2) is 36.4 Å². The summed E-state index contributed by atoms with van der Waals surface area (Å²) < 4.78 is 27.5. The van der Waals surface area contributed by atoms with Crippen LogP contribution in [0.4, 0.5) is 9.18 Å². The number of alkyl carbamates (subject to hydrolysis) is 1. The van der Waals surface area contributed by atoms with Crippen LogP contribution in [-0.4, -0.2) is 25.8 Å². The van der Waals surface area contributed by atoms with Gasteiger partial charge in [0.25, 0.3) is 0 Å². The number of nitrogens with one attached hydrogen (secondary N) is 1. The third kappa shape index (κ3) is 7.42. The Balaban J connectivity index is 1.82. The molecular formula is C29H39ClFNO4Si. The van der Waals surface area contributed by atoms with Crippen LogP contribution in [-0.2, 0) is 15.8 Å². The SMILES string of the molecule is CC(C)(C)OC(=O)N[C@@H](c1ccc(Cl)c(C(=O)c2ccc(CO[Si](C)(C)C(C)(C)C)cc2)c1F)C1CC1. The first-order valence-corrected chi connectivity index (χ1v) is 16.0. The van der Waals surface area contributed by atoms with E-state index in [2.05, 4.69) is 39.2 Å². The summed E-state index contributed by atoms with van der Waals surface area (Å²) in [5, 5.41) is 2.92. The van der Waals surface area contributed by atoms with E-state index < -0.39 is 37.7 Å². The first-order valence-electron chi connectivity index (χ1n) is 12.8. The molecule has 2 aromatic carbocycles. The Morgan fingerprint density at radius 2 is 1.65 bits per heavy atom. The van der Waals surface area contributed by atoms with E-state index in [0.29, 0.717) is 12.2 Å². The fourth-order valence-electron chi connectivity index (χ4n) is 3.71. The molecule has 2 aromatic rings. The molecule has 37 heavy (non-hydrogen) atoms. The van der Waals surface area contributed by atoms with Gasteiger partial charge in [0.2, 0.25) is 0 Å². The van der Waals surface area contributed by atoms with E-state index in [1.54, 1.807) is 32.9 Å². The highest BCUT2D eigenvalue weighted by Gasteiger charge is 2.38. The van der Waals surface area contributed by atoms with E-state index in [1.165, 1.54) is 12.1 Å². The Morgan fingerprint density at radius 1 is 1.05 bits per heavy atom. The predicted molar refractivity (Wildman–Crippen MR) is 148 cm³/mol. The van der Waals surface area contributed by atoms with Crippen LogP contribution in [0.25, 0.3) is 0 Å². The van der Waals surface area contributed by atoms with Crippen molar-refractivity contribution in [3.05, 3.63) is 69.5 Å². The maximum atomic E-state index is 15.8. The lowest BCUT2D eigenvalue weighted by molar-refractivity contribution is 0.0496. The Labute approximate surface area is 226 Å². The molecule has 0 unspecified atom stereocenters. The Bertz CT molecular complexity index is 1150. The van der Waals surface area contributed by atoms with E-state index in [-0.39, 0.29) is 27.1 Å². The van der Waals surface area contributed by atoms with Gasteiger partial charge >= 0.3 is 6.09 Å². The summed E-state index contributed by atoms with van der Waals surface area (Å²) in [5.41, 5.74) is 0.635. The van der Waals surface area contributed by atoms with Crippen LogP contribution < -0.4 is 5.32 Å². The summed E-state index contributed by atoms with van der Waals surface area (Å²) >= 11 is 6.32. The van der Waals surface area contributed by atoms with Crippen LogP contribution in [0, 0.1) is 11.7 Å². The molecule has 1 N–H and O–H groups in total. The molecule has 1 fully saturated rings. The summed E-state index contributed by atoms with van der Waals surface area (Å²) in [5.74, 6) is -1.14. The summed E-state index contributed by atoms with van der Waals surface area (Å²) in [6, 6.07) is 9.45. The monoisotopic (exact) mass is 547 g/mol. The van der Waals surface area contributed by atoms with E-state index in [9.17, 15) is 9.59 Å². The second-order valence-corrected chi connectivity index (χ2v) is 17.6. The lowest BCUT2D eigenvalue weighted by atomic mass is 9.95. The molecule has 0 spiro atoms. The highest BCUT2D eigenvalue weighted by molar-refractivity contribution is 6.74. The van der Waals surface area contributed by atoms with Gasteiger partial charge in [-0.3, -0.25) is 4.79 Å². The Hall–Kier alpha value is -2.22. The highest BCUT2D eigenvalue weighted by atomic mass is 35.5. The van der Waals surface area contributed by atoms with Crippen LogP contribution in [0.5, 0.6) is 0 Å². The maximum Gasteiger partial charge on any atom is 0.408 e. The normalized spacial score (nSPS) is 15.3. The molecule has 8 heteroatoms. The number of hydrogen-bond donors (Lipinski definition) is 1. The van der Waals surface area contributed by atoms with Gasteiger partial charge in [0.1, 0.15) is 11.4 Å². The topological polar surface area (TPSA) is 64.6 Å². The van der Waals surface area contributed by atoms with Crippen molar-refractivity contribution in [2.75, 3.05) is 0 Å². The van der Waals surface area contributed by atoms with Gasteiger partial charge in [-0.05, 0) is 69.3 Å². The quantitative estimate of drug-likeness (QED) is 0.267. The Kier molecular flexibility index (Phi) is 8.62. The number of carbonyl (C=O) groups is 2. The fourth-order valence-corrected chi connectivity index (χ4v) is 4.90. The average molecular weight is 548 g/mol. The second-order valence-electron chi connectivity index (χ2n) is 12.4. The molecule has 0 heterocycles. The lowest BCUT2D eigenvalue weighted by Crippen LogP contribution is -2.40. The molecule has 1 atom stereocenters. The van der Waals surface area contributed by atoms with Crippen molar-refractivity contribution in [1.29, 1.82) is 0 Å². The number of amides is 1. The maximum absolute atomic E-state index is 15.8. The van der Waals surface area contributed by atoms with Crippen molar-refractivity contribution in [3.63, 3.8) is 0 Å². The number of halogens is 2. The molecule has 3 rings (SSSR count). The lowest BCUT2D eigenvalue weighted by Gasteiger charge is -2.36. The molecule has 1 aliphatic rings. The number of carbonyl (C=O) groups excluding carboxylic acids is 2. The first-order chi connectivity index (χ1) is 17.0. The van der Waals surface area contributed by atoms with Crippen molar-refractivity contribution in [2.24, 2.45) is 5.92 Å². The third-order valence-electron chi connectivity index (χ3n) is 7.07. The van der Waals surface area contributed by atoms with E-state index in [1.807, 2.05) is 12.1 Å². The van der Waals surface area contributed by atoms with Gasteiger partial charge < -0.3 is 14.5 Å². The van der Waals surface area contributed by atoms with E-state index in [0.717, 1.165) is 18.4 Å². The zero-order chi connectivity index (χ0) is 27.8. The van der Waals surface area contributed by atoms with Gasteiger partial charge in [-0.15, -0.1) is 0 Å². The van der Waals surface area contributed by atoms with Crippen LogP contribution in [0.3, 0.4) is 0 Å². The zero-order valence-electron chi connectivity index (χ0n) is 23.1. The standard InChI is InChI=1S/C29H39ClFNO4Si/c1-28(2,3)36-27(34)32-25(19-13-14-19)21-15-16-22(30)23(24(21)31)26(33)20-11-9-18(10-12-20)17-35-37(7,8)29(4,5)6/h9-12,15-16,19,25H,13-14,17H2,1-8H3,(H,32,34)/t25-/m1/s1. The van der Waals surface area contributed by atoms with E-state index in [4.69, 9.17) is 20.8 Å². The van der Waals surface area contributed by atoms with Gasteiger partial charge in [0.15, 0.2) is 14.1 Å². The molecule has 0 aromatic heterocycles. The summed E-state index contributed by atoms with van der Waals surface area (Å²) in [6.07, 6.45) is 1.08. The van der Waals surface area contributed by atoms with Crippen molar-refractivity contribution < 1.29 is 23.1 Å². The molecule has 1 amide bonds. The minimum Gasteiger partial charge on any atom is -0.444 e. The molecule has 1 aliphatic carbocycles. The van der Waals surface area contributed by atoms with Gasteiger partial charge in [0, 0.05) is 11.1 Å². The molecule has 202 valence electrons. The minimum absolute atomic E-state index is 0.0309. The van der Waals surface area contributed by atoms with Gasteiger partial charge in [-0.25, -0.2) is 9.18 Å². The zero-order valence-corrected chi connectivity index (χ0v) is 24.9. The summed E-state index contributed by atoms with van der Waals surface area (Å²) in [4.78, 5) is 25.8. The van der Waals surface area contributed by atoms with Crippen LogP contribution >= 0.6 is 11.6 Å². The number of ether oxygens (including phenoxy) is 1. The van der Waals surface area contributed by atoms with Crippen LogP contribution in [0.1, 0.15) is 87.5 Å². The summed E-state index contributed by atoms with van der Waals surface area (Å²) in [7, 11) is -1.91. The van der Waals surface area contributed by atoms with Gasteiger partial charge in [-0.2, -0.15) is 0 Å². The number of hydrogen-bond acceptors (Lipinski definition) is 4. The predicted octanol–water partition coefficient (Wildman–Crippen LogP) is 8.21. The van der Waals surface area contributed by atoms with Crippen molar-refractivity contribution in [3.8, 4) is 0 Å².